The summed E-state index contributed by atoms with van der Waals surface area (Å²) in [5.41, 5.74) is 0.320. The number of amides is 2. The zero-order valence-electron chi connectivity index (χ0n) is 15.2. The Hall–Kier alpha value is -2.43. The van der Waals surface area contributed by atoms with E-state index in [0.717, 1.165) is 4.90 Å². The van der Waals surface area contributed by atoms with E-state index in [1.807, 2.05) is 5.32 Å². The molecule has 28 heavy (non-hydrogen) atoms. The van der Waals surface area contributed by atoms with Gasteiger partial charge in [-0.3, -0.25) is 19.3 Å². The molecule has 2 amide bonds. The first-order chi connectivity index (χ1) is 12.9. The molecule has 11 heteroatoms. The van der Waals surface area contributed by atoms with Crippen LogP contribution in [0.5, 0.6) is 0 Å². The van der Waals surface area contributed by atoms with Gasteiger partial charge in [0.2, 0.25) is 5.91 Å². The summed E-state index contributed by atoms with van der Waals surface area (Å²) in [6, 6.07) is -1.22. The molecule has 2 N–H and O–H groups in total. The summed E-state index contributed by atoms with van der Waals surface area (Å²) in [5.74, 6) is -5.35. The molecule has 0 aromatic heterocycles. The number of β-lactam (4-membered cyclic amide) rings is 1. The maximum atomic E-state index is 12.4. The van der Waals surface area contributed by atoms with Crippen LogP contribution in [0.2, 0.25) is 0 Å². The summed E-state index contributed by atoms with van der Waals surface area (Å²) in [7, 11) is 0. The van der Waals surface area contributed by atoms with Crippen LogP contribution in [0.15, 0.2) is 11.3 Å². The van der Waals surface area contributed by atoms with Crippen LogP contribution in [0.4, 0.5) is 13.2 Å². The first-order valence-corrected chi connectivity index (χ1v) is 8.83. The third-order valence-electron chi connectivity index (χ3n) is 5.65. The standard InChI is InChI=1S/C17H20F3N3O5/c1-7-10(6-22-4-3-9(5-22)21-16(28)17(18,19)20)13(15(26)27)23-12(7)11(8(2)24)14(23)25/h7,9,11-12H,3-6H2,1-2H3,(H,21,28)(H,26,27)/t7-,9-,11?,12?/m0/s1. The van der Waals surface area contributed by atoms with Gasteiger partial charge in [0.05, 0.1) is 6.04 Å². The summed E-state index contributed by atoms with van der Waals surface area (Å²) in [6.45, 7) is 3.69. The Labute approximate surface area is 158 Å². The van der Waals surface area contributed by atoms with E-state index in [1.165, 1.54) is 6.92 Å². The lowest BCUT2D eigenvalue weighted by molar-refractivity contribution is -0.174. The monoisotopic (exact) mass is 403 g/mol. The molecule has 0 radical (unpaired) electrons. The Balaban J connectivity index is 1.72. The molecule has 3 rings (SSSR count). The number of carboxylic acid groups (broad SMARTS) is 1. The van der Waals surface area contributed by atoms with E-state index >= 15 is 0 Å². The summed E-state index contributed by atoms with van der Waals surface area (Å²) in [4.78, 5) is 49.7. The zero-order valence-corrected chi connectivity index (χ0v) is 15.2. The maximum absolute atomic E-state index is 12.4. The molecule has 0 aromatic carbocycles. The van der Waals surface area contributed by atoms with Crippen LogP contribution in [0.1, 0.15) is 20.3 Å². The molecule has 2 saturated heterocycles. The molecule has 3 heterocycles. The Morgan fingerprint density at radius 1 is 1.29 bits per heavy atom. The van der Waals surface area contributed by atoms with Crippen LogP contribution < -0.4 is 5.32 Å². The van der Waals surface area contributed by atoms with E-state index in [2.05, 4.69) is 0 Å². The van der Waals surface area contributed by atoms with Crippen molar-refractivity contribution >= 4 is 23.6 Å². The van der Waals surface area contributed by atoms with Crippen LogP contribution in [-0.2, 0) is 19.2 Å². The smallest absolute Gasteiger partial charge is 0.471 e. The van der Waals surface area contributed by atoms with E-state index in [1.54, 1.807) is 11.8 Å². The van der Waals surface area contributed by atoms with Gasteiger partial charge in [-0.05, 0) is 18.9 Å². The number of nitrogens with zero attached hydrogens (tertiary/aromatic N) is 2. The highest BCUT2D eigenvalue weighted by Gasteiger charge is 2.60. The first kappa shape index (κ1) is 20.3. The van der Waals surface area contributed by atoms with Gasteiger partial charge in [0.1, 0.15) is 17.4 Å². The molecule has 0 bridgehead atoms. The van der Waals surface area contributed by atoms with Crippen molar-refractivity contribution < 1.29 is 37.5 Å². The third-order valence-corrected chi connectivity index (χ3v) is 5.65. The zero-order chi connectivity index (χ0) is 21.0. The predicted molar refractivity (Wildman–Crippen MR) is 87.7 cm³/mol. The van der Waals surface area contributed by atoms with Gasteiger partial charge in [-0.2, -0.15) is 13.2 Å². The molecule has 0 spiro atoms. The number of rotatable bonds is 5. The number of fused-ring (bicyclic) bond motifs is 1. The number of carbonyl (C=O) groups excluding carboxylic acids is 3. The lowest BCUT2D eigenvalue weighted by Gasteiger charge is -2.43. The second kappa shape index (κ2) is 6.87. The topological polar surface area (TPSA) is 107 Å². The maximum Gasteiger partial charge on any atom is 0.471 e. The highest BCUT2D eigenvalue weighted by Crippen LogP contribution is 2.46. The minimum Gasteiger partial charge on any atom is -0.477 e. The Morgan fingerprint density at radius 2 is 1.93 bits per heavy atom. The molecule has 3 aliphatic rings. The Morgan fingerprint density at radius 3 is 2.46 bits per heavy atom. The number of alkyl halides is 3. The molecule has 2 fully saturated rings. The van der Waals surface area contributed by atoms with Crippen molar-refractivity contribution in [3.63, 3.8) is 0 Å². The quantitative estimate of drug-likeness (QED) is 0.500. The fourth-order valence-electron chi connectivity index (χ4n) is 4.33. The molecule has 4 atom stereocenters. The SMILES string of the molecule is CC(=O)C1C(=O)N2C(C(=O)O)=C(CN3CC[C@H](NC(=O)C(F)(F)F)C3)[C@H](C)C12. The Bertz CT molecular complexity index is 778. The van der Waals surface area contributed by atoms with Crippen molar-refractivity contribution in [3.05, 3.63) is 11.3 Å². The molecular weight excluding hydrogens is 383 g/mol. The number of likely N-dealkylation sites (tertiary alicyclic amines) is 1. The van der Waals surface area contributed by atoms with E-state index in [-0.39, 0.29) is 30.5 Å². The van der Waals surface area contributed by atoms with Crippen LogP contribution in [0.25, 0.3) is 0 Å². The number of aliphatic carboxylic acids is 1. The second-order valence-corrected chi connectivity index (χ2v) is 7.45. The van der Waals surface area contributed by atoms with Gasteiger partial charge in [-0.15, -0.1) is 0 Å². The normalized spacial score (nSPS) is 30.3. The van der Waals surface area contributed by atoms with Crippen LogP contribution in [0.3, 0.4) is 0 Å². The van der Waals surface area contributed by atoms with E-state index in [9.17, 15) is 37.5 Å². The second-order valence-electron chi connectivity index (χ2n) is 7.45. The van der Waals surface area contributed by atoms with Gasteiger partial charge in [0.25, 0.3) is 0 Å². The molecule has 0 aliphatic carbocycles. The lowest BCUT2D eigenvalue weighted by Crippen LogP contribution is -2.62. The molecule has 0 aromatic rings. The molecule has 0 saturated carbocycles. The average molecular weight is 403 g/mol. The number of carboxylic acids is 1. The number of halogens is 3. The fourth-order valence-corrected chi connectivity index (χ4v) is 4.33. The van der Waals surface area contributed by atoms with E-state index in [4.69, 9.17) is 0 Å². The van der Waals surface area contributed by atoms with E-state index in [0.29, 0.717) is 18.5 Å². The van der Waals surface area contributed by atoms with Crippen LogP contribution >= 0.6 is 0 Å². The van der Waals surface area contributed by atoms with Crippen molar-refractivity contribution in [2.75, 3.05) is 19.6 Å². The summed E-state index contributed by atoms with van der Waals surface area (Å²) in [5, 5.41) is 11.5. The number of nitrogens with one attached hydrogen (secondary N) is 1. The van der Waals surface area contributed by atoms with Gasteiger partial charge in [-0.25, -0.2) is 4.79 Å². The highest BCUT2D eigenvalue weighted by molar-refractivity contribution is 6.10. The lowest BCUT2D eigenvalue weighted by atomic mass is 9.78. The van der Waals surface area contributed by atoms with Crippen molar-refractivity contribution in [2.24, 2.45) is 11.8 Å². The average Bonchev–Trinajstić information content (AvgIpc) is 3.09. The van der Waals surface area contributed by atoms with Gasteiger partial charge in [0.15, 0.2) is 0 Å². The van der Waals surface area contributed by atoms with Gasteiger partial charge >= 0.3 is 18.1 Å². The van der Waals surface area contributed by atoms with Crippen molar-refractivity contribution in [2.45, 2.75) is 38.5 Å². The molecular formula is C17H20F3N3O5. The minimum atomic E-state index is -4.96. The molecule has 154 valence electrons. The molecule has 2 unspecified atom stereocenters. The fraction of sp³-hybridized carbons (Fsp3) is 0.647. The number of ketones is 1. The van der Waals surface area contributed by atoms with Crippen LogP contribution in [0, 0.1) is 11.8 Å². The van der Waals surface area contributed by atoms with Crippen molar-refractivity contribution in [1.29, 1.82) is 0 Å². The summed E-state index contributed by atoms with van der Waals surface area (Å²) in [6.07, 6.45) is -4.66. The number of hydrogen-bond donors (Lipinski definition) is 2. The van der Waals surface area contributed by atoms with Crippen molar-refractivity contribution in [3.8, 4) is 0 Å². The van der Waals surface area contributed by atoms with Gasteiger partial charge < -0.3 is 15.3 Å². The van der Waals surface area contributed by atoms with Gasteiger partial charge in [-0.1, -0.05) is 6.92 Å². The summed E-state index contributed by atoms with van der Waals surface area (Å²) >= 11 is 0. The van der Waals surface area contributed by atoms with E-state index < -0.39 is 42.0 Å². The molecule has 3 aliphatic heterocycles. The summed E-state index contributed by atoms with van der Waals surface area (Å²) < 4.78 is 37.2. The van der Waals surface area contributed by atoms with Crippen molar-refractivity contribution in [1.82, 2.24) is 15.1 Å². The molecule has 8 nitrogen and oxygen atoms in total. The highest BCUT2D eigenvalue weighted by atomic mass is 19.4. The predicted octanol–water partition coefficient (Wildman–Crippen LogP) is 0.144. The van der Waals surface area contributed by atoms with Crippen LogP contribution in [-0.4, -0.2) is 76.4 Å². The Kier molecular flexibility index (Phi) is 4.98. The number of Topliss-reactive ketones (excluding diaryl/α,β-unsaturated/α-hetero) is 1. The number of hydrogen-bond acceptors (Lipinski definition) is 5. The third kappa shape index (κ3) is 3.27. The minimum absolute atomic E-state index is 0.139. The first-order valence-electron chi connectivity index (χ1n) is 8.83. The van der Waals surface area contributed by atoms with Gasteiger partial charge in [0, 0.05) is 31.6 Å². The number of carbonyl (C=O) groups is 4. The largest absolute Gasteiger partial charge is 0.477 e.